The molecule has 9 aromatic carbocycles. The Balaban J connectivity index is 1.03. The Labute approximate surface area is 324 Å². The number of benzene rings is 9. The van der Waals surface area contributed by atoms with Gasteiger partial charge in [0.15, 0.2) is 0 Å². The molecule has 1 spiro atoms. The summed E-state index contributed by atoms with van der Waals surface area (Å²) in [7, 11) is 0. The Morgan fingerprint density at radius 2 is 0.945 bits per heavy atom. The highest BCUT2D eigenvalue weighted by Crippen LogP contribution is 2.64. The van der Waals surface area contributed by atoms with E-state index in [0.717, 1.165) is 17.1 Å². The van der Waals surface area contributed by atoms with Crippen LogP contribution in [0.4, 0.5) is 17.1 Å². The second-order valence-electron chi connectivity index (χ2n) is 14.8. The molecule has 0 atom stereocenters. The zero-order valence-corrected chi connectivity index (χ0v) is 30.7. The molecule has 0 unspecified atom stereocenters. The first-order chi connectivity index (χ1) is 27.3. The van der Waals surface area contributed by atoms with Crippen LogP contribution in [0.3, 0.4) is 0 Å². The van der Waals surface area contributed by atoms with E-state index in [2.05, 4.69) is 205 Å². The highest BCUT2D eigenvalue weighted by Gasteiger charge is 2.52. The first-order valence-corrected chi connectivity index (χ1v) is 19.8. The van der Waals surface area contributed by atoms with Crippen molar-refractivity contribution in [2.24, 2.45) is 0 Å². The fourth-order valence-electron chi connectivity index (χ4n) is 9.81. The van der Waals surface area contributed by atoms with Gasteiger partial charge in [-0.15, -0.1) is 11.3 Å². The number of hydrogen-bond donors (Lipinski definition) is 0. The molecular weight excluding hydrogens is 683 g/mol. The molecule has 0 saturated carbocycles. The summed E-state index contributed by atoms with van der Waals surface area (Å²) < 4.78 is 2.63. The molecule has 1 aromatic heterocycles. The van der Waals surface area contributed by atoms with Crippen molar-refractivity contribution in [3.8, 4) is 33.4 Å². The van der Waals surface area contributed by atoms with Crippen LogP contribution < -0.4 is 4.90 Å². The summed E-state index contributed by atoms with van der Waals surface area (Å²) in [5, 5.41) is 5.17. The standard InChI is InChI=1S/C53H33NS/c1-2-14-37(15-3-1)54(39-27-30-51-46(33-39)44-20-7-11-24-50(44)55-51)38-16-12-13-34(32-38)35-25-28-40-36(31-35)26-29-45-43-19-6-10-23-49(43)53(52(40)45)47-21-8-4-17-41(47)42-18-5-9-22-48(42)53/h1-33H. The number of nitrogens with zero attached hydrogens (tertiary/aromatic N) is 1. The van der Waals surface area contributed by atoms with E-state index in [9.17, 15) is 0 Å². The number of thiophene rings is 1. The second-order valence-corrected chi connectivity index (χ2v) is 15.9. The van der Waals surface area contributed by atoms with Gasteiger partial charge in [0, 0.05) is 37.2 Å². The lowest BCUT2D eigenvalue weighted by atomic mass is 9.69. The van der Waals surface area contributed by atoms with Crippen LogP contribution in [0.1, 0.15) is 22.3 Å². The summed E-state index contributed by atoms with van der Waals surface area (Å²) >= 11 is 1.86. The van der Waals surface area contributed by atoms with Crippen LogP contribution in [0.15, 0.2) is 200 Å². The number of anilines is 3. The van der Waals surface area contributed by atoms with Gasteiger partial charge in [-0.05, 0) is 121 Å². The van der Waals surface area contributed by atoms with Crippen molar-refractivity contribution < 1.29 is 0 Å². The van der Waals surface area contributed by atoms with Crippen molar-refractivity contribution in [1.82, 2.24) is 0 Å². The maximum absolute atomic E-state index is 2.40. The molecule has 12 rings (SSSR count). The van der Waals surface area contributed by atoms with Gasteiger partial charge in [0.2, 0.25) is 0 Å². The number of rotatable bonds is 4. The van der Waals surface area contributed by atoms with Crippen LogP contribution in [0.25, 0.3) is 64.3 Å². The molecule has 0 saturated heterocycles. The van der Waals surface area contributed by atoms with Crippen LogP contribution in [-0.4, -0.2) is 0 Å². The molecule has 1 nitrogen and oxygen atoms in total. The fourth-order valence-corrected chi connectivity index (χ4v) is 10.9. The molecule has 0 aliphatic heterocycles. The average molecular weight is 716 g/mol. The molecule has 2 aliphatic carbocycles. The van der Waals surface area contributed by atoms with Crippen LogP contribution in [0.5, 0.6) is 0 Å². The number of para-hydroxylation sites is 1. The molecule has 1 heterocycles. The molecule has 55 heavy (non-hydrogen) atoms. The van der Waals surface area contributed by atoms with E-state index < -0.39 is 0 Å². The van der Waals surface area contributed by atoms with Gasteiger partial charge in [-0.1, -0.05) is 146 Å². The van der Waals surface area contributed by atoms with Crippen LogP contribution in [-0.2, 0) is 5.41 Å². The third-order valence-electron chi connectivity index (χ3n) is 12.0. The smallest absolute Gasteiger partial charge is 0.0731 e. The van der Waals surface area contributed by atoms with Gasteiger partial charge in [-0.2, -0.15) is 0 Å². The van der Waals surface area contributed by atoms with Gasteiger partial charge >= 0.3 is 0 Å². The van der Waals surface area contributed by atoms with Crippen molar-refractivity contribution >= 4 is 59.3 Å². The molecule has 0 radical (unpaired) electrons. The monoisotopic (exact) mass is 715 g/mol. The summed E-state index contributed by atoms with van der Waals surface area (Å²) in [4.78, 5) is 2.39. The molecular formula is C53H33NS. The lowest BCUT2D eigenvalue weighted by Gasteiger charge is -2.31. The van der Waals surface area contributed by atoms with Gasteiger partial charge in [-0.3, -0.25) is 0 Å². The largest absolute Gasteiger partial charge is 0.310 e. The fraction of sp³-hybridized carbons (Fsp3) is 0.0189. The van der Waals surface area contributed by atoms with Crippen LogP contribution in [0, 0.1) is 0 Å². The van der Waals surface area contributed by atoms with Crippen LogP contribution >= 0.6 is 11.3 Å². The van der Waals surface area contributed by atoms with Gasteiger partial charge < -0.3 is 4.90 Å². The van der Waals surface area contributed by atoms with E-state index in [4.69, 9.17) is 0 Å². The summed E-state index contributed by atoms with van der Waals surface area (Å²) in [6.07, 6.45) is 0. The maximum Gasteiger partial charge on any atom is 0.0731 e. The topological polar surface area (TPSA) is 3.24 Å². The molecule has 256 valence electrons. The molecule has 10 aromatic rings. The summed E-state index contributed by atoms with van der Waals surface area (Å²) in [6.45, 7) is 0. The second kappa shape index (κ2) is 11.6. The number of fused-ring (bicyclic) bond motifs is 15. The van der Waals surface area contributed by atoms with E-state index in [0.29, 0.717) is 0 Å². The van der Waals surface area contributed by atoms with Crippen molar-refractivity contribution in [2.75, 3.05) is 4.90 Å². The molecule has 0 bridgehead atoms. The van der Waals surface area contributed by atoms with E-state index in [-0.39, 0.29) is 5.41 Å². The molecule has 0 N–H and O–H groups in total. The van der Waals surface area contributed by atoms with Crippen molar-refractivity contribution in [3.05, 3.63) is 222 Å². The molecule has 0 fully saturated rings. The lowest BCUT2D eigenvalue weighted by Crippen LogP contribution is -2.26. The third kappa shape index (κ3) is 4.29. The lowest BCUT2D eigenvalue weighted by molar-refractivity contribution is 0.801. The predicted molar refractivity (Wildman–Crippen MR) is 233 cm³/mol. The van der Waals surface area contributed by atoms with Crippen molar-refractivity contribution in [2.45, 2.75) is 5.41 Å². The van der Waals surface area contributed by atoms with E-state index in [1.165, 1.54) is 86.6 Å². The highest BCUT2D eigenvalue weighted by atomic mass is 32.1. The van der Waals surface area contributed by atoms with Gasteiger partial charge in [-0.25, -0.2) is 0 Å². The molecule has 0 amide bonds. The van der Waals surface area contributed by atoms with Crippen LogP contribution in [0.2, 0.25) is 0 Å². The SMILES string of the molecule is c1ccc(N(c2cccc(-c3ccc4c5c(ccc4c3)-c3ccccc3C53c4ccccc4-c4ccccc43)c2)c2ccc3sc4ccccc4c3c2)cc1. The van der Waals surface area contributed by atoms with E-state index in [1.54, 1.807) is 0 Å². The molecule has 2 heteroatoms. The van der Waals surface area contributed by atoms with Gasteiger partial charge in [0.05, 0.1) is 5.41 Å². The zero-order chi connectivity index (χ0) is 36.1. The minimum Gasteiger partial charge on any atom is -0.310 e. The summed E-state index contributed by atoms with van der Waals surface area (Å²) in [5.74, 6) is 0. The quantitative estimate of drug-likeness (QED) is 0.175. The van der Waals surface area contributed by atoms with Crippen molar-refractivity contribution in [1.29, 1.82) is 0 Å². The average Bonchev–Trinajstić information content (AvgIpc) is 3.88. The predicted octanol–water partition coefficient (Wildman–Crippen LogP) is 14.7. The van der Waals surface area contributed by atoms with Crippen molar-refractivity contribution in [3.63, 3.8) is 0 Å². The minimum absolute atomic E-state index is 0.370. The summed E-state index contributed by atoms with van der Waals surface area (Å²) in [6, 6.07) is 74.4. The van der Waals surface area contributed by atoms with Gasteiger partial charge in [0.1, 0.15) is 0 Å². The minimum atomic E-state index is -0.370. The molecule has 2 aliphatic rings. The maximum atomic E-state index is 2.40. The third-order valence-corrected chi connectivity index (χ3v) is 13.2. The Hall–Kier alpha value is -6.74. The van der Waals surface area contributed by atoms with E-state index >= 15 is 0 Å². The summed E-state index contributed by atoms with van der Waals surface area (Å²) in [5.41, 5.74) is 16.3. The Morgan fingerprint density at radius 3 is 1.71 bits per heavy atom. The first kappa shape index (κ1) is 30.7. The first-order valence-electron chi connectivity index (χ1n) is 19.0. The van der Waals surface area contributed by atoms with E-state index in [1.807, 2.05) is 11.3 Å². The number of hydrogen-bond acceptors (Lipinski definition) is 2. The van der Waals surface area contributed by atoms with Gasteiger partial charge in [0.25, 0.3) is 0 Å². The Morgan fingerprint density at radius 1 is 0.345 bits per heavy atom. The normalized spacial score (nSPS) is 13.2. The Kier molecular flexibility index (Phi) is 6.49. The zero-order valence-electron chi connectivity index (χ0n) is 29.9. The Bertz CT molecular complexity index is 3110. The highest BCUT2D eigenvalue weighted by molar-refractivity contribution is 7.25.